The highest BCUT2D eigenvalue weighted by atomic mass is 32.2. The third-order valence-corrected chi connectivity index (χ3v) is 3.39. The molecule has 0 aromatic carbocycles. The Morgan fingerprint density at radius 1 is 1.33 bits per heavy atom. The minimum Gasteiger partial charge on any atom is -0.326 e. The van der Waals surface area contributed by atoms with Crippen LogP contribution in [0.4, 0.5) is 0 Å². The molecule has 0 rings (SSSR count). The maximum atomic E-state index is 11.0. The van der Waals surface area contributed by atoms with Crippen LogP contribution in [0.1, 0.15) is 20.8 Å². The Morgan fingerprint density at radius 3 is 2.13 bits per heavy atom. The summed E-state index contributed by atoms with van der Waals surface area (Å²) in [5.74, 6) is 0.195. The molecule has 4 nitrogen and oxygen atoms in total. The lowest BCUT2D eigenvalue weighted by Gasteiger charge is -2.30. The largest absolute Gasteiger partial charge is 0.326 e. The van der Waals surface area contributed by atoms with E-state index >= 15 is 0 Å². The van der Waals surface area contributed by atoms with Crippen LogP contribution in [-0.4, -0.2) is 51.5 Å². The molecule has 0 aromatic heterocycles. The summed E-state index contributed by atoms with van der Waals surface area (Å²) in [5, 5.41) is 0. The van der Waals surface area contributed by atoms with Crippen molar-refractivity contribution in [2.24, 2.45) is 11.1 Å². The van der Waals surface area contributed by atoms with E-state index in [1.54, 1.807) is 0 Å². The summed E-state index contributed by atoms with van der Waals surface area (Å²) in [4.78, 5) is 1.97. The quantitative estimate of drug-likeness (QED) is 0.747. The van der Waals surface area contributed by atoms with E-state index in [1.807, 2.05) is 11.9 Å². The molecular weight excluding hydrogens is 212 g/mol. The van der Waals surface area contributed by atoms with E-state index in [9.17, 15) is 8.42 Å². The van der Waals surface area contributed by atoms with E-state index in [-0.39, 0.29) is 17.2 Å². The van der Waals surface area contributed by atoms with Crippen molar-refractivity contribution in [2.75, 3.05) is 32.1 Å². The molecule has 5 heteroatoms. The molecule has 0 fully saturated rings. The van der Waals surface area contributed by atoms with Crippen molar-refractivity contribution in [1.29, 1.82) is 0 Å². The predicted octanol–water partition coefficient (Wildman–Crippen LogP) is 0.336. The highest BCUT2D eigenvalue weighted by molar-refractivity contribution is 7.90. The lowest BCUT2D eigenvalue weighted by molar-refractivity contribution is 0.234. The minimum absolute atomic E-state index is 0.0549. The Balaban J connectivity index is 4.00. The summed E-state index contributed by atoms with van der Waals surface area (Å²) >= 11 is 0. The van der Waals surface area contributed by atoms with Crippen molar-refractivity contribution >= 4 is 9.84 Å². The van der Waals surface area contributed by atoms with E-state index < -0.39 is 9.84 Å². The predicted molar refractivity (Wildman–Crippen MR) is 64.6 cm³/mol. The van der Waals surface area contributed by atoms with Gasteiger partial charge in [0.1, 0.15) is 9.84 Å². The van der Waals surface area contributed by atoms with E-state index in [0.717, 1.165) is 6.54 Å². The van der Waals surface area contributed by atoms with Crippen molar-refractivity contribution in [3.05, 3.63) is 0 Å². The SMILES string of the molecule is CN(CCS(C)(=O)=O)CC(N)C(C)(C)C. The molecule has 0 aliphatic heterocycles. The number of rotatable bonds is 5. The van der Waals surface area contributed by atoms with Crippen LogP contribution in [0, 0.1) is 5.41 Å². The van der Waals surface area contributed by atoms with Crippen LogP contribution in [0.15, 0.2) is 0 Å². The topological polar surface area (TPSA) is 63.4 Å². The number of sulfone groups is 1. The number of likely N-dealkylation sites (N-methyl/N-ethyl adjacent to an activating group) is 1. The fourth-order valence-electron chi connectivity index (χ4n) is 1.02. The molecule has 0 aliphatic rings. The number of nitrogens with two attached hydrogens (primary N) is 1. The van der Waals surface area contributed by atoms with Crippen molar-refractivity contribution in [2.45, 2.75) is 26.8 Å². The van der Waals surface area contributed by atoms with Gasteiger partial charge < -0.3 is 10.6 Å². The van der Waals surface area contributed by atoms with Gasteiger partial charge >= 0.3 is 0 Å². The van der Waals surface area contributed by atoms with Gasteiger partial charge in [-0.2, -0.15) is 0 Å². The number of hydrogen-bond acceptors (Lipinski definition) is 4. The average Bonchev–Trinajstić information content (AvgIpc) is 1.97. The summed E-state index contributed by atoms with van der Waals surface area (Å²) < 4.78 is 21.9. The molecule has 0 saturated carbocycles. The first-order valence-electron chi connectivity index (χ1n) is 5.14. The Labute approximate surface area is 93.7 Å². The Bertz CT molecular complexity index is 280. The Hall–Kier alpha value is -0.130. The Morgan fingerprint density at radius 2 is 1.80 bits per heavy atom. The highest BCUT2D eigenvalue weighted by Crippen LogP contribution is 2.17. The maximum Gasteiger partial charge on any atom is 0.148 e. The van der Waals surface area contributed by atoms with Crippen LogP contribution >= 0.6 is 0 Å². The fourth-order valence-corrected chi connectivity index (χ4v) is 1.67. The molecule has 0 heterocycles. The first-order chi connectivity index (χ1) is 6.52. The molecule has 0 amide bonds. The van der Waals surface area contributed by atoms with Crippen LogP contribution in [0.2, 0.25) is 0 Å². The third kappa shape index (κ3) is 7.76. The van der Waals surface area contributed by atoms with Crippen LogP contribution < -0.4 is 5.73 Å². The summed E-state index contributed by atoms with van der Waals surface area (Å²) in [6.07, 6.45) is 1.25. The molecule has 2 N–H and O–H groups in total. The van der Waals surface area contributed by atoms with Gasteiger partial charge in [0.05, 0.1) is 5.75 Å². The van der Waals surface area contributed by atoms with E-state index in [2.05, 4.69) is 20.8 Å². The molecule has 0 aliphatic carbocycles. The zero-order valence-corrected chi connectivity index (χ0v) is 11.3. The first-order valence-corrected chi connectivity index (χ1v) is 7.20. The molecule has 92 valence electrons. The zero-order chi connectivity index (χ0) is 12.3. The van der Waals surface area contributed by atoms with E-state index in [1.165, 1.54) is 6.26 Å². The summed E-state index contributed by atoms with van der Waals surface area (Å²) in [5.41, 5.74) is 6.05. The van der Waals surface area contributed by atoms with Gasteiger partial charge in [-0.25, -0.2) is 8.42 Å². The average molecular weight is 236 g/mol. The minimum atomic E-state index is -2.87. The molecular formula is C10H24N2O2S. The maximum absolute atomic E-state index is 11.0. The second-order valence-corrected chi connectivity index (χ2v) is 7.62. The zero-order valence-electron chi connectivity index (χ0n) is 10.4. The highest BCUT2D eigenvalue weighted by Gasteiger charge is 2.21. The molecule has 0 saturated heterocycles. The van der Waals surface area contributed by atoms with Crippen molar-refractivity contribution in [1.82, 2.24) is 4.90 Å². The number of hydrogen-bond donors (Lipinski definition) is 1. The smallest absolute Gasteiger partial charge is 0.148 e. The lowest BCUT2D eigenvalue weighted by atomic mass is 9.87. The van der Waals surface area contributed by atoms with Crippen molar-refractivity contribution in [3.8, 4) is 0 Å². The van der Waals surface area contributed by atoms with Gasteiger partial charge in [-0.1, -0.05) is 20.8 Å². The fraction of sp³-hybridized carbons (Fsp3) is 1.00. The standard InChI is InChI=1S/C10H24N2O2S/c1-10(2,3)9(11)8-12(4)6-7-15(5,13)14/h9H,6-8,11H2,1-5H3. The molecule has 0 radical (unpaired) electrons. The van der Waals surface area contributed by atoms with Crippen LogP contribution in [0.3, 0.4) is 0 Å². The van der Waals surface area contributed by atoms with Crippen LogP contribution in [-0.2, 0) is 9.84 Å². The number of nitrogens with zero attached hydrogens (tertiary/aromatic N) is 1. The van der Waals surface area contributed by atoms with Gasteiger partial charge in [0, 0.05) is 25.4 Å². The van der Waals surface area contributed by atoms with E-state index in [0.29, 0.717) is 6.54 Å². The van der Waals surface area contributed by atoms with Gasteiger partial charge in [0.15, 0.2) is 0 Å². The summed E-state index contributed by atoms with van der Waals surface area (Å²) in [6, 6.07) is 0.0575. The molecule has 15 heavy (non-hydrogen) atoms. The summed E-state index contributed by atoms with van der Waals surface area (Å²) in [7, 11) is -0.973. The van der Waals surface area contributed by atoms with Crippen molar-refractivity contribution < 1.29 is 8.42 Å². The molecule has 0 spiro atoms. The Kier molecular flexibility index (Phi) is 5.23. The molecule has 1 unspecified atom stereocenters. The van der Waals surface area contributed by atoms with Crippen LogP contribution in [0.5, 0.6) is 0 Å². The second kappa shape index (κ2) is 5.27. The van der Waals surface area contributed by atoms with Crippen molar-refractivity contribution in [3.63, 3.8) is 0 Å². The first kappa shape index (κ1) is 14.9. The monoisotopic (exact) mass is 236 g/mol. The van der Waals surface area contributed by atoms with Gasteiger partial charge in [-0.05, 0) is 12.5 Å². The normalized spacial score (nSPS) is 15.7. The second-order valence-electron chi connectivity index (χ2n) is 5.36. The molecule has 0 aromatic rings. The third-order valence-electron chi connectivity index (χ3n) is 2.46. The van der Waals surface area contributed by atoms with Gasteiger partial charge in [-0.15, -0.1) is 0 Å². The lowest BCUT2D eigenvalue weighted by Crippen LogP contribution is -2.45. The van der Waals surface area contributed by atoms with Gasteiger partial charge in [-0.3, -0.25) is 0 Å². The van der Waals surface area contributed by atoms with Gasteiger partial charge in [0.2, 0.25) is 0 Å². The molecule has 0 bridgehead atoms. The van der Waals surface area contributed by atoms with E-state index in [4.69, 9.17) is 5.73 Å². The van der Waals surface area contributed by atoms with Crippen LogP contribution in [0.25, 0.3) is 0 Å². The molecule has 1 atom stereocenters. The summed E-state index contributed by atoms with van der Waals surface area (Å²) in [6.45, 7) is 7.52. The van der Waals surface area contributed by atoms with Gasteiger partial charge in [0.25, 0.3) is 0 Å².